The molecule has 5 aromatic rings. The lowest BCUT2D eigenvalue weighted by molar-refractivity contribution is 0.305. The van der Waals surface area contributed by atoms with Gasteiger partial charge in [-0.25, -0.2) is 14.4 Å². The lowest BCUT2D eigenvalue weighted by Crippen LogP contribution is -2.30. The molecule has 1 aliphatic heterocycles. The Kier molecular flexibility index (Phi) is 7.27. The molecule has 0 bridgehead atoms. The smallest absolute Gasteiger partial charge is 0.322 e. The number of aromatic nitrogens is 4. The number of halogens is 1. The highest BCUT2D eigenvalue weighted by Gasteiger charge is 2.24. The van der Waals surface area contributed by atoms with Gasteiger partial charge in [0, 0.05) is 17.8 Å². The van der Waals surface area contributed by atoms with Crippen LogP contribution in [0.5, 0.6) is 17.5 Å². The quantitative estimate of drug-likeness (QED) is 0.253. The van der Waals surface area contributed by atoms with E-state index in [0.29, 0.717) is 18.1 Å². The first kappa shape index (κ1) is 24.8. The molecule has 39 heavy (non-hydrogen) atoms. The topological polar surface area (TPSA) is 74.1 Å². The minimum atomic E-state index is -0.271. The number of nitrogens with one attached hydrogen (secondary N) is 1. The van der Waals surface area contributed by atoms with Crippen molar-refractivity contribution < 1.29 is 13.9 Å². The molecule has 3 heterocycles. The summed E-state index contributed by atoms with van der Waals surface area (Å²) >= 11 is 0. The Labute approximate surface area is 226 Å². The summed E-state index contributed by atoms with van der Waals surface area (Å²) in [4.78, 5) is 13.8. The molecule has 8 heteroatoms. The van der Waals surface area contributed by atoms with Gasteiger partial charge >= 0.3 is 6.01 Å². The van der Waals surface area contributed by atoms with Crippen LogP contribution in [-0.4, -0.2) is 32.6 Å². The van der Waals surface area contributed by atoms with Crippen molar-refractivity contribution in [2.24, 2.45) is 0 Å². The number of piperidine rings is 1. The lowest BCUT2D eigenvalue weighted by atomic mass is 10.0. The second-order valence-corrected chi connectivity index (χ2v) is 9.40. The van der Waals surface area contributed by atoms with Gasteiger partial charge in [-0.3, -0.25) is 0 Å². The first-order valence-electron chi connectivity index (χ1n) is 13.0. The minimum absolute atomic E-state index is 0.242. The van der Waals surface area contributed by atoms with E-state index in [-0.39, 0.29) is 17.9 Å². The second-order valence-electron chi connectivity index (χ2n) is 9.40. The van der Waals surface area contributed by atoms with E-state index < -0.39 is 0 Å². The zero-order valence-electron chi connectivity index (χ0n) is 21.3. The molecule has 0 atom stereocenters. The van der Waals surface area contributed by atoms with Gasteiger partial charge in [-0.15, -0.1) is 0 Å². The SMILES string of the molecule is Fc1ccc(-c2ncc(-c3ccnc(Oc4ccc(OCc5ccccc5)cc4)n3)n2C2CCNCC2)cc1. The third-order valence-electron chi connectivity index (χ3n) is 6.75. The van der Waals surface area contributed by atoms with Gasteiger partial charge in [0.2, 0.25) is 0 Å². The normalized spacial score (nSPS) is 13.8. The molecule has 1 aliphatic rings. The van der Waals surface area contributed by atoms with Crippen LogP contribution in [0.25, 0.3) is 22.8 Å². The molecule has 0 unspecified atom stereocenters. The summed E-state index contributed by atoms with van der Waals surface area (Å²) in [7, 11) is 0. The summed E-state index contributed by atoms with van der Waals surface area (Å²) in [6.45, 7) is 2.35. The number of benzene rings is 3. The molecular weight excluding hydrogens is 493 g/mol. The zero-order valence-corrected chi connectivity index (χ0v) is 21.3. The Balaban J connectivity index is 1.23. The Morgan fingerprint density at radius 2 is 1.59 bits per heavy atom. The number of hydrogen-bond acceptors (Lipinski definition) is 6. The second kappa shape index (κ2) is 11.4. The standard InChI is InChI=1S/C31H28FN5O2/c32-24-8-6-23(7-9-24)30-35-20-29(37(30)25-14-17-33-18-15-25)28-16-19-34-31(36-28)39-27-12-10-26(11-13-27)38-21-22-4-2-1-3-5-22/h1-13,16,19-20,25,33H,14-15,17-18,21H2. The van der Waals surface area contributed by atoms with Crippen molar-refractivity contribution in [1.29, 1.82) is 0 Å². The van der Waals surface area contributed by atoms with Crippen molar-refractivity contribution in [2.45, 2.75) is 25.5 Å². The minimum Gasteiger partial charge on any atom is -0.489 e. The van der Waals surface area contributed by atoms with Crippen molar-refractivity contribution >= 4 is 0 Å². The fraction of sp³-hybridized carbons (Fsp3) is 0.194. The van der Waals surface area contributed by atoms with Crippen LogP contribution in [0.3, 0.4) is 0 Å². The van der Waals surface area contributed by atoms with E-state index in [4.69, 9.17) is 19.4 Å². The summed E-state index contributed by atoms with van der Waals surface area (Å²) in [6.07, 6.45) is 5.44. The average Bonchev–Trinajstić information content (AvgIpc) is 3.44. The first-order valence-corrected chi connectivity index (χ1v) is 13.0. The first-order chi connectivity index (χ1) is 19.2. The summed E-state index contributed by atoms with van der Waals surface area (Å²) in [5.41, 5.74) is 3.55. The Morgan fingerprint density at radius 3 is 2.36 bits per heavy atom. The highest BCUT2D eigenvalue weighted by molar-refractivity contribution is 5.64. The molecule has 196 valence electrons. The van der Waals surface area contributed by atoms with Crippen LogP contribution in [0.4, 0.5) is 4.39 Å². The van der Waals surface area contributed by atoms with Crippen LogP contribution in [0.1, 0.15) is 24.4 Å². The van der Waals surface area contributed by atoms with Crippen LogP contribution in [0, 0.1) is 5.82 Å². The molecule has 0 saturated carbocycles. The van der Waals surface area contributed by atoms with Gasteiger partial charge in [-0.1, -0.05) is 30.3 Å². The van der Waals surface area contributed by atoms with E-state index >= 15 is 0 Å². The van der Waals surface area contributed by atoms with Gasteiger partial charge in [0.05, 0.1) is 17.6 Å². The largest absolute Gasteiger partial charge is 0.489 e. The maximum Gasteiger partial charge on any atom is 0.322 e. The van der Waals surface area contributed by atoms with Gasteiger partial charge in [-0.2, -0.15) is 4.98 Å². The van der Waals surface area contributed by atoms with Crippen molar-refractivity contribution in [3.05, 3.63) is 109 Å². The average molecular weight is 522 g/mol. The van der Waals surface area contributed by atoms with E-state index in [1.807, 2.05) is 66.9 Å². The predicted octanol–water partition coefficient (Wildman–Crippen LogP) is 6.44. The van der Waals surface area contributed by atoms with Gasteiger partial charge in [0.25, 0.3) is 0 Å². The Bertz CT molecular complexity index is 1520. The summed E-state index contributed by atoms with van der Waals surface area (Å²) in [6, 6.07) is 26.2. The Hall–Kier alpha value is -4.56. The molecule has 1 fully saturated rings. The monoisotopic (exact) mass is 521 g/mol. The van der Waals surface area contributed by atoms with Crippen LogP contribution in [0.15, 0.2) is 97.3 Å². The summed E-state index contributed by atoms with van der Waals surface area (Å²) in [5.74, 6) is 1.88. The molecule has 1 saturated heterocycles. The van der Waals surface area contributed by atoms with Gasteiger partial charge < -0.3 is 19.4 Å². The summed E-state index contributed by atoms with van der Waals surface area (Å²) in [5, 5.41) is 3.42. The summed E-state index contributed by atoms with van der Waals surface area (Å²) < 4.78 is 27.7. The van der Waals surface area contributed by atoms with Gasteiger partial charge in [-0.05, 0) is 86.1 Å². The fourth-order valence-corrected chi connectivity index (χ4v) is 4.78. The molecule has 1 N–H and O–H groups in total. The fourth-order valence-electron chi connectivity index (χ4n) is 4.78. The van der Waals surface area contributed by atoms with Crippen LogP contribution in [-0.2, 0) is 6.61 Å². The van der Waals surface area contributed by atoms with E-state index in [9.17, 15) is 4.39 Å². The maximum absolute atomic E-state index is 13.6. The number of ether oxygens (including phenoxy) is 2. The molecule has 2 aromatic heterocycles. The highest BCUT2D eigenvalue weighted by Crippen LogP contribution is 2.34. The zero-order chi connectivity index (χ0) is 26.4. The maximum atomic E-state index is 13.6. The lowest BCUT2D eigenvalue weighted by Gasteiger charge is -2.27. The van der Waals surface area contributed by atoms with E-state index in [1.54, 1.807) is 18.3 Å². The molecule has 0 aliphatic carbocycles. The number of rotatable bonds is 8. The molecule has 3 aromatic carbocycles. The molecular formula is C31H28FN5O2. The van der Waals surface area contributed by atoms with E-state index in [0.717, 1.165) is 54.3 Å². The number of imidazole rings is 1. The van der Waals surface area contributed by atoms with Crippen molar-refractivity contribution in [3.8, 4) is 40.3 Å². The molecule has 6 rings (SSSR count). The van der Waals surface area contributed by atoms with E-state index in [2.05, 4.69) is 14.9 Å². The van der Waals surface area contributed by atoms with Crippen molar-refractivity contribution in [1.82, 2.24) is 24.8 Å². The van der Waals surface area contributed by atoms with Crippen LogP contribution in [0.2, 0.25) is 0 Å². The van der Waals surface area contributed by atoms with Gasteiger partial charge in [0.15, 0.2) is 0 Å². The van der Waals surface area contributed by atoms with Crippen LogP contribution < -0.4 is 14.8 Å². The third kappa shape index (κ3) is 5.81. The number of hydrogen-bond donors (Lipinski definition) is 1. The third-order valence-corrected chi connectivity index (χ3v) is 6.75. The van der Waals surface area contributed by atoms with Crippen molar-refractivity contribution in [2.75, 3.05) is 13.1 Å². The predicted molar refractivity (Wildman–Crippen MR) is 147 cm³/mol. The van der Waals surface area contributed by atoms with Gasteiger partial charge in [0.1, 0.15) is 29.7 Å². The molecule has 7 nitrogen and oxygen atoms in total. The van der Waals surface area contributed by atoms with E-state index in [1.165, 1.54) is 12.1 Å². The molecule has 0 spiro atoms. The van der Waals surface area contributed by atoms with Crippen molar-refractivity contribution in [3.63, 3.8) is 0 Å². The number of nitrogens with zero attached hydrogens (tertiary/aromatic N) is 4. The van der Waals surface area contributed by atoms with Crippen LogP contribution >= 0.6 is 0 Å². The molecule has 0 radical (unpaired) electrons. The Morgan fingerprint density at radius 1 is 0.846 bits per heavy atom. The molecule has 0 amide bonds. The highest BCUT2D eigenvalue weighted by atomic mass is 19.1.